The number of aliphatic hydroxyl groups is 1. The van der Waals surface area contributed by atoms with E-state index < -0.39 is 0 Å². The maximum atomic E-state index is 9.37. The molecule has 4 heteroatoms. The highest BCUT2D eigenvalue weighted by Gasteiger charge is 2.25. The Labute approximate surface area is 120 Å². The van der Waals surface area contributed by atoms with Crippen molar-refractivity contribution in [3.8, 4) is 0 Å². The maximum absolute atomic E-state index is 9.37. The summed E-state index contributed by atoms with van der Waals surface area (Å²) in [5.41, 5.74) is 2.30. The summed E-state index contributed by atoms with van der Waals surface area (Å²) in [4.78, 5) is 2.31. The van der Waals surface area contributed by atoms with Gasteiger partial charge < -0.3 is 15.3 Å². The van der Waals surface area contributed by atoms with Crippen molar-refractivity contribution in [3.63, 3.8) is 0 Å². The smallest absolute Gasteiger partial charge is 0.0643 e. The van der Waals surface area contributed by atoms with Crippen LogP contribution in [-0.4, -0.2) is 31.3 Å². The average molecular weight is 283 g/mol. The van der Waals surface area contributed by atoms with Crippen molar-refractivity contribution in [2.24, 2.45) is 0 Å². The minimum Gasteiger partial charge on any atom is -0.395 e. The van der Waals surface area contributed by atoms with Crippen molar-refractivity contribution < 1.29 is 5.11 Å². The number of benzene rings is 1. The van der Waals surface area contributed by atoms with Crippen LogP contribution in [0.25, 0.3) is 0 Å². The van der Waals surface area contributed by atoms with Gasteiger partial charge in [-0.2, -0.15) is 0 Å². The second-order valence-corrected chi connectivity index (χ2v) is 5.54. The first-order chi connectivity index (χ1) is 9.27. The predicted molar refractivity (Wildman–Crippen MR) is 80.9 cm³/mol. The van der Waals surface area contributed by atoms with Crippen LogP contribution in [0.2, 0.25) is 5.02 Å². The molecular weight excluding hydrogens is 260 g/mol. The summed E-state index contributed by atoms with van der Waals surface area (Å²) in [5.74, 6) is 0. The fraction of sp³-hybridized carbons (Fsp3) is 0.600. The average Bonchev–Trinajstić information content (AvgIpc) is 2.91. The van der Waals surface area contributed by atoms with E-state index in [2.05, 4.69) is 16.3 Å². The Morgan fingerprint density at radius 2 is 2.11 bits per heavy atom. The summed E-state index contributed by atoms with van der Waals surface area (Å²) in [7, 11) is 1.94. The third-order valence-electron chi connectivity index (χ3n) is 3.83. The molecule has 1 aliphatic carbocycles. The van der Waals surface area contributed by atoms with Crippen molar-refractivity contribution in [1.29, 1.82) is 0 Å². The summed E-state index contributed by atoms with van der Waals surface area (Å²) < 4.78 is 0. The highest BCUT2D eigenvalue weighted by atomic mass is 35.5. The standard InChI is InChI=1S/C15H23ClN2O/c1-17-11-12-5-4-8-14(16)15(12)18(9-10-19)13-6-2-3-7-13/h4-5,8,13,17,19H,2-3,6-7,9-11H2,1H3. The van der Waals surface area contributed by atoms with Crippen LogP contribution in [-0.2, 0) is 6.54 Å². The van der Waals surface area contributed by atoms with Crippen molar-refractivity contribution >= 4 is 17.3 Å². The minimum atomic E-state index is 0.167. The molecule has 0 bridgehead atoms. The van der Waals surface area contributed by atoms with E-state index in [1.165, 1.54) is 31.2 Å². The molecule has 0 amide bonds. The molecule has 0 radical (unpaired) electrons. The second-order valence-electron chi connectivity index (χ2n) is 5.13. The van der Waals surface area contributed by atoms with Crippen LogP contribution in [0.4, 0.5) is 5.69 Å². The quantitative estimate of drug-likeness (QED) is 0.842. The molecule has 19 heavy (non-hydrogen) atoms. The van der Waals surface area contributed by atoms with Crippen LogP contribution in [0, 0.1) is 0 Å². The van der Waals surface area contributed by atoms with Gasteiger partial charge >= 0.3 is 0 Å². The Kier molecular flexibility index (Phi) is 5.49. The van der Waals surface area contributed by atoms with Gasteiger partial charge in [0.15, 0.2) is 0 Å². The van der Waals surface area contributed by atoms with Gasteiger partial charge in [0.05, 0.1) is 17.3 Å². The van der Waals surface area contributed by atoms with Crippen LogP contribution < -0.4 is 10.2 Å². The molecule has 1 fully saturated rings. The fourth-order valence-electron chi connectivity index (χ4n) is 3.02. The van der Waals surface area contributed by atoms with E-state index in [1.54, 1.807) is 0 Å². The molecule has 0 atom stereocenters. The summed E-state index contributed by atoms with van der Waals surface area (Å²) in [5, 5.41) is 13.3. The molecule has 0 aromatic heterocycles. The number of nitrogens with zero attached hydrogens (tertiary/aromatic N) is 1. The highest BCUT2D eigenvalue weighted by molar-refractivity contribution is 6.33. The fourth-order valence-corrected chi connectivity index (χ4v) is 3.32. The topological polar surface area (TPSA) is 35.5 Å². The highest BCUT2D eigenvalue weighted by Crippen LogP contribution is 2.35. The van der Waals surface area contributed by atoms with Gasteiger partial charge in [-0.1, -0.05) is 36.6 Å². The SMILES string of the molecule is CNCc1cccc(Cl)c1N(CCO)C1CCCC1. The lowest BCUT2D eigenvalue weighted by atomic mass is 10.1. The molecule has 1 aromatic rings. The van der Waals surface area contributed by atoms with E-state index >= 15 is 0 Å². The lowest BCUT2D eigenvalue weighted by Crippen LogP contribution is -2.36. The maximum Gasteiger partial charge on any atom is 0.0643 e. The Bertz CT molecular complexity index is 405. The molecule has 1 aliphatic rings. The van der Waals surface area contributed by atoms with E-state index in [0.717, 1.165) is 17.3 Å². The number of para-hydroxylation sites is 1. The van der Waals surface area contributed by atoms with Crippen molar-refractivity contribution in [2.45, 2.75) is 38.3 Å². The third-order valence-corrected chi connectivity index (χ3v) is 4.14. The number of halogens is 1. The van der Waals surface area contributed by atoms with Gasteiger partial charge in [-0.05, 0) is 31.5 Å². The van der Waals surface area contributed by atoms with Gasteiger partial charge in [-0.3, -0.25) is 0 Å². The van der Waals surface area contributed by atoms with E-state index in [4.69, 9.17) is 11.6 Å². The molecule has 1 aromatic carbocycles. The first-order valence-electron chi connectivity index (χ1n) is 7.07. The molecule has 0 heterocycles. The Morgan fingerprint density at radius 1 is 1.37 bits per heavy atom. The molecule has 1 saturated carbocycles. The zero-order valence-electron chi connectivity index (χ0n) is 11.5. The van der Waals surface area contributed by atoms with Crippen LogP contribution >= 0.6 is 11.6 Å². The molecule has 0 spiro atoms. The molecule has 3 nitrogen and oxygen atoms in total. The molecule has 0 aliphatic heterocycles. The number of hydrogen-bond acceptors (Lipinski definition) is 3. The molecule has 2 rings (SSSR count). The van der Waals surface area contributed by atoms with Gasteiger partial charge in [0.2, 0.25) is 0 Å². The number of rotatable bonds is 6. The Morgan fingerprint density at radius 3 is 2.74 bits per heavy atom. The van der Waals surface area contributed by atoms with Gasteiger partial charge in [0.1, 0.15) is 0 Å². The van der Waals surface area contributed by atoms with Gasteiger partial charge in [-0.25, -0.2) is 0 Å². The summed E-state index contributed by atoms with van der Waals surface area (Å²) in [6.07, 6.45) is 4.95. The Balaban J connectivity index is 2.33. The van der Waals surface area contributed by atoms with E-state index in [1.807, 2.05) is 19.2 Å². The first kappa shape index (κ1) is 14.6. The molecule has 106 valence electrons. The number of aliphatic hydroxyl groups excluding tert-OH is 1. The van der Waals surface area contributed by atoms with Crippen LogP contribution in [0.1, 0.15) is 31.2 Å². The van der Waals surface area contributed by atoms with E-state index in [9.17, 15) is 5.11 Å². The molecule has 2 N–H and O–H groups in total. The number of hydrogen-bond donors (Lipinski definition) is 2. The van der Waals surface area contributed by atoms with Gasteiger partial charge in [0, 0.05) is 19.1 Å². The summed E-state index contributed by atoms with van der Waals surface area (Å²) in [6, 6.07) is 6.55. The molecular formula is C15H23ClN2O. The zero-order valence-corrected chi connectivity index (χ0v) is 12.3. The van der Waals surface area contributed by atoms with Crippen molar-refractivity contribution in [3.05, 3.63) is 28.8 Å². The number of anilines is 1. The van der Waals surface area contributed by atoms with Gasteiger partial charge in [-0.15, -0.1) is 0 Å². The third kappa shape index (κ3) is 3.41. The van der Waals surface area contributed by atoms with Gasteiger partial charge in [0.25, 0.3) is 0 Å². The first-order valence-corrected chi connectivity index (χ1v) is 7.45. The minimum absolute atomic E-state index is 0.167. The van der Waals surface area contributed by atoms with E-state index in [-0.39, 0.29) is 6.61 Å². The predicted octanol–water partition coefficient (Wildman–Crippen LogP) is 2.80. The number of nitrogens with one attached hydrogen (secondary N) is 1. The van der Waals surface area contributed by atoms with Crippen LogP contribution in [0.3, 0.4) is 0 Å². The molecule has 0 saturated heterocycles. The largest absolute Gasteiger partial charge is 0.395 e. The van der Waals surface area contributed by atoms with Crippen molar-refractivity contribution in [1.82, 2.24) is 5.32 Å². The lowest BCUT2D eigenvalue weighted by molar-refractivity contribution is 0.297. The summed E-state index contributed by atoms with van der Waals surface area (Å²) >= 11 is 6.42. The lowest BCUT2D eigenvalue weighted by Gasteiger charge is -2.33. The normalized spacial score (nSPS) is 15.9. The van der Waals surface area contributed by atoms with Crippen LogP contribution in [0.15, 0.2) is 18.2 Å². The monoisotopic (exact) mass is 282 g/mol. The molecule has 0 unspecified atom stereocenters. The Hall–Kier alpha value is -0.770. The zero-order chi connectivity index (χ0) is 13.7. The second kappa shape index (κ2) is 7.13. The van der Waals surface area contributed by atoms with Crippen molar-refractivity contribution in [2.75, 3.05) is 25.1 Å². The summed E-state index contributed by atoms with van der Waals surface area (Å²) in [6.45, 7) is 1.62. The van der Waals surface area contributed by atoms with E-state index in [0.29, 0.717) is 12.6 Å². The van der Waals surface area contributed by atoms with Crippen LogP contribution in [0.5, 0.6) is 0 Å².